The summed E-state index contributed by atoms with van der Waals surface area (Å²) in [5.74, 6) is 0.766. The molecule has 3 aromatic rings. The van der Waals surface area contributed by atoms with Gasteiger partial charge in [-0.3, -0.25) is 0 Å². The Hall–Kier alpha value is -1.35. The number of benzene rings is 2. The molecule has 1 heterocycles. The molecule has 0 saturated carbocycles. The maximum absolute atomic E-state index is 6.37. The minimum Gasteiger partial charge on any atom is -0.482 e. The minimum atomic E-state index is 0.513. The predicted octanol–water partition coefficient (Wildman–Crippen LogP) is 5.81. The Morgan fingerprint density at radius 3 is 2.10 bits per heavy atom. The van der Waals surface area contributed by atoms with E-state index in [4.69, 9.17) is 39.5 Å². The lowest BCUT2D eigenvalue weighted by atomic mass is 10.1. The highest BCUT2D eigenvalue weighted by molar-refractivity contribution is 6.42. The molecule has 0 bridgehead atoms. The summed E-state index contributed by atoms with van der Waals surface area (Å²) in [5.41, 5.74) is 1.67. The van der Waals surface area contributed by atoms with Gasteiger partial charge in [-0.15, -0.1) is 0 Å². The van der Waals surface area contributed by atoms with Gasteiger partial charge >= 0.3 is 0 Å². The summed E-state index contributed by atoms with van der Waals surface area (Å²) in [6.07, 6.45) is 0. The van der Waals surface area contributed by atoms with Crippen molar-refractivity contribution in [2.45, 2.75) is 0 Å². The van der Waals surface area contributed by atoms with Gasteiger partial charge in [0.1, 0.15) is 0 Å². The summed E-state index contributed by atoms with van der Waals surface area (Å²) >= 11 is 18.7. The van der Waals surface area contributed by atoms with Crippen molar-refractivity contribution in [3.05, 3.63) is 51.5 Å². The van der Waals surface area contributed by atoms with Crippen molar-refractivity contribution >= 4 is 45.6 Å². The van der Waals surface area contributed by atoms with E-state index < -0.39 is 0 Å². The molecule has 0 atom stereocenters. The van der Waals surface area contributed by atoms with Crippen molar-refractivity contribution < 1.29 is 4.74 Å². The fraction of sp³-hybridized carbons (Fsp3) is 0.125. The molecule has 5 heteroatoms. The molecule has 108 valence electrons. The number of ether oxygens (including phenoxy) is 1. The molecule has 0 N–H and O–H groups in total. The highest BCUT2D eigenvalue weighted by Crippen LogP contribution is 2.44. The average Bonchev–Trinajstić information content (AvgIpc) is 2.70. The van der Waals surface area contributed by atoms with Crippen molar-refractivity contribution in [1.29, 1.82) is 0 Å². The van der Waals surface area contributed by atoms with Gasteiger partial charge in [-0.2, -0.15) is 0 Å². The van der Waals surface area contributed by atoms with Crippen molar-refractivity contribution in [2.24, 2.45) is 7.05 Å². The molecular weight excluding hydrogens is 329 g/mol. The number of hydrogen-bond donors (Lipinski definition) is 0. The van der Waals surface area contributed by atoms with E-state index in [1.54, 1.807) is 19.2 Å². The number of methoxy groups -OCH3 is 1. The van der Waals surface area contributed by atoms with Crippen LogP contribution in [0.25, 0.3) is 22.0 Å². The maximum Gasteiger partial charge on any atom is 0.201 e. The molecule has 0 fully saturated rings. The molecule has 0 aliphatic carbocycles. The largest absolute Gasteiger partial charge is 0.482 e. The Labute approximate surface area is 137 Å². The lowest BCUT2D eigenvalue weighted by Gasteiger charge is -2.11. The van der Waals surface area contributed by atoms with Gasteiger partial charge in [0.2, 0.25) is 5.88 Å². The predicted molar refractivity (Wildman–Crippen MR) is 89.9 cm³/mol. The van der Waals surface area contributed by atoms with Crippen molar-refractivity contribution in [3.63, 3.8) is 0 Å². The van der Waals surface area contributed by atoms with Gasteiger partial charge in [0.15, 0.2) is 0 Å². The molecule has 0 spiro atoms. The molecule has 3 rings (SSSR count). The molecule has 0 radical (unpaired) electrons. The van der Waals surface area contributed by atoms with Crippen molar-refractivity contribution in [3.8, 4) is 17.1 Å². The number of rotatable bonds is 2. The Balaban J connectivity index is 2.44. The third kappa shape index (κ3) is 2.28. The molecule has 0 unspecified atom stereocenters. The van der Waals surface area contributed by atoms with Crippen molar-refractivity contribution in [1.82, 2.24) is 4.57 Å². The van der Waals surface area contributed by atoms with E-state index in [9.17, 15) is 0 Å². The van der Waals surface area contributed by atoms with Gasteiger partial charge in [0.25, 0.3) is 0 Å². The average molecular weight is 341 g/mol. The van der Waals surface area contributed by atoms with Crippen LogP contribution in [0.3, 0.4) is 0 Å². The first-order valence-corrected chi connectivity index (χ1v) is 7.44. The van der Waals surface area contributed by atoms with Crippen LogP contribution in [0.4, 0.5) is 0 Å². The minimum absolute atomic E-state index is 0.513. The molecular formula is C16H12Cl3NO. The van der Waals surface area contributed by atoms with Gasteiger partial charge in [0, 0.05) is 28.4 Å². The number of fused-ring (bicyclic) bond motifs is 1. The lowest BCUT2D eigenvalue weighted by Crippen LogP contribution is -1.96. The third-order valence-electron chi connectivity index (χ3n) is 3.49. The SMILES string of the molecule is COc1c2ccccc2c(-c2c(Cl)cc(Cl)cc2Cl)n1C. The first kappa shape index (κ1) is 14.6. The fourth-order valence-electron chi connectivity index (χ4n) is 2.66. The molecule has 1 aromatic heterocycles. The highest BCUT2D eigenvalue weighted by Gasteiger charge is 2.20. The molecule has 0 aliphatic heterocycles. The summed E-state index contributed by atoms with van der Waals surface area (Å²) in [6.45, 7) is 0. The zero-order chi connectivity index (χ0) is 15.1. The van der Waals surface area contributed by atoms with Gasteiger partial charge < -0.3 is 9.30 Å². The van der Waals surface area contributed by atoms with Gasteiger partial charge in [-0.1, -0.05) is 53.0 Å². The molecule has 2 aromatic carbocycles. The fourth-order valence-corrected chi connectivity index (χ4v) is 3.65. The van der Waals surface area contributed by atoms with Crippen LogP contribution in [-0.2, 0) is 7.05 Å². The molecule has 2 nitrogen and oxygen atoms in total. The number of hydrogen-bond acceptors (Lipinski definition) is 1. The first-order chi connectivity index (χ1) is 10.0. The summed E-state index contributed by atoms with van der Waals surface area (Å²) < 4.78 is 7.46. The van der Waals surface area contributed by atoms with Gasteiger partial charge in [-0.05, 0) is 18.2 Å². The van der Waals surface area contributed by atoms with E-state index >= 15 is 0 Å². The Kier molecular flexibility index (Phi) is 3.78. The van der Waals surface area contributed by atoms with Crippen LogP contribution in [0.15, 0.2) is 36.4 Å². The van der Waals surface area contributed by atoms with Gasteiger partial charge in [-0.25, -0.2) is 0 Å². The van der Waals surface area contributed by atoms with Crippen LogP contribution in [0.5, 0.6) is 5.88 Å². The smallest absolute Gasteiger partial charge is 0.201 e. The summed E-state index contributed by atoms with van der Waals surface area (Å²) in [7, 11) is 3.58. The third-order valence-corrected chi connectivity index (χ3v) is 4.30. The van der Waals surface area contributed by atoms with E-state index in [1.165, 1.54) is 0 Å². The number of halogens is 3. The second-order valence-electron chi connectivity index (χ2n) is 4.71. The van der Waals surface area contributed by atoms with Crippen LogP contribution in [-0.4, -0.2) is 11.7 Å². The van der Waals surface area contributed by atoms with Crippen LogP contribution >= 0.6 is 34.8 Å². The molecule has 0 aliphatic rings. The highest BCUT2D eigenvalue weighted by atomic mass is 35.5. The van der Waals surface area contributed by atoms with E-state index in [1.807, 2.05) is 35.9 Å². The van der Waals surface area contributed by atoms with Crippen LogP contribution in [0.2, 0.25) is 15.1 Å². The number of aromatic nitrogens is 1. The van der Waals surface area contributed by atoms with E-state index in [0.29, 0.717) is 15.1 Å². The zero-order valence-electron chi connectivity index (χ0n) is 11.5. The molecule has 21 heavy (non-hydrogen) atoms. The standard InChI is InChI=1S/C16H12Cl3NO/c1-20-15(14-12(18)7-9(17)8-13(14)19)10-5-3-4-6-11(10)16(20)21-2/h3-8H,1-2H3. The van der Waals surface area contributed by atoms with E-state index in [-0.39, 0.29) is 0 Å². The van der Waals surface area contributed by atoms with E-state index in [2.05, 4.69) is 0 Å². The molecule has 0 amide bonds. The Morgan fingerprint density at radius 2 is 1.52 bits per heavy atom. The van der Waals surface area contributed by atoms with E-state index in [0.717, 1.165) is 27.9 Å². The van der Waals surface area contributed by atoms with Crippen LogP contribution in [0.1, 0.15) is 0 Å². The Bertz CT molecular complexity index is 816. The zero-order valence-corrected chi connectivity index (χ0v) is 13.7. The number of nitrogens with zero attached hydrogens (tertiary/aromatic N) is 1. The second kappa shape index (κ2) is 5.45. The van der Waals surface area contributed by atoms with Gasteiger partial charge in [0.05, 0.1) is 22.8 Å². The topological polar surface area (TPSA) is 14.2 Å². The monoisotopic (exact) mass is 339 g/mol. The normalized spacial score (nSPS) is 11.1. The van der Waals surface area contributed by atoms with Crippen LogP contribution in [0, 0.1) is 0 Å². The Morgan fingerprint density at radius 1 is 0.952 bits per heavy atom. The maximum atomic E-state index is 6.37. The first-order valence-electron chi connectivity index (χ1n) is 6.31. The molecule has 0 saturated heterocycles. The second-order valence-corrected chi connectivity index (χ2v) is 5.96. The lowest BCUT2D eigenvalue weighted by molar-refractivity contribution is 0.388. The quantitative estimate of drug-likeness (QED) is 0.574. The summed E-state index contributed by atoms with van der Waals surface area (Å²) in [4.78, 5) is 0. The van der Waals surface area contributed by atoms with Crippen LogP contribution < -0.4 is 4.74 Å². The summed E-state index contributed by atoms with van der Waals surface area (Å²) in [5, 5.41) is 3.59. The van der Waals surface area contributed by atoms with Crippen molar-refractivity contribution in [2.75, 3.05) is 7.11 Å². The summed E-state index contributed by atoms with van der Waals surface area (Å²) in [6, 6.07) is 11.4.